The van der Waals surface area contributed by atoms with Crippen LogP contribution in [0, 0.1) is 5.92 Å². The Kier molecular flexibility index (Phi) is 6.90. The minimum absolute atomic E-state index is 0.00408. The Hall–Kier alpha value is -2.82. The molecule has 1 saturated carbocycles. The molecule has 0 radical (unpaired) electrons. The first-order valence-electron chi connectivity index (χ1n) is 11.6. The second kappa shape index (κ2) is 9.99. The lowest BCUT2D eigenvalue weighted by molar-refractivity contribution is -0.127. The molecule has 1 heterocycles. The Balaban J connectivity index is 1.42. The molecule has 31 heavy (non-hydrogen) atoms. The number of benzene rings is 2. The number of hydrogen-bond acceptors (Lipinski definition) is 3. The van der Waals surface area contributed by atoms with Crippen molar-refractivity contribution in [3.8, 4) is 5.75 Å². The Bertz CT molecular complexity index is 906. The molecular weight excluding hydrogens is 388 g/mol. The molecule has 1 aliphatic heterocycles. The second-order valence-electron chi connectivity index (χ2n) is 8.95. The number of aromatic hydroxyl groups is 1. The number of piperidine rings is 1. The van der Waals surface area contributed by atoms with Crippen LogP contribution in [0.15, 0.2) is 48.5 Å². The van der Waals surface area contributed by atoms with Crippen LogP contribution < -0.4 is 5.32 Å². The molecule has 4 rings (SSSR count). The van der Waals surface area contributed by atoms with Gasteiger partial charge in [0.25, 0.3) is 5.91 Å². The molecular formula is C26H32N2O3. The molecule has 0 spiro atoms. The third-order valence-corrected chi connectivity index (χ3v) is 6.57. The van der Waals surface area contributed by atoms with E-state index in [2.05, 4.69) is 17.4 Å². The van der Waals surface area contributed by atoms with Gasteiger partial charge in [0, 0.05) is 19.1 Å². The number of amides is 2. The van der Waals surface area contributed by atoms with Crippen molar-refractivity contribution < 1.29 is 14.7 Å². The van der Waals surface area contributed by atoms with Crippen molar-refractivity contribution in [3.63, 3.8) is 0 Å². The lowest BCUT2D eigenvalue weighted by Gasteiger charge is -2.33. The standard InChI is InChI=1S/C26H32N2O3/c29-24-14-13-20(16-19-8-3-1-4-9-19)17-23(24)26(31)28-15-7-10-21(18-28)25(30)27-22-11-5-2-6-12-22/h1,3-4,8-9,13-14,17,21-22,29H,2,5-7,10-12,15-16,18H2,(H,27,30). The number of carbonyl (C=O) groups excluding carboxylic acids is 2. The van der Waals surface area contributed by atoms with Crippen molar-refractivity contribution >= 4 is 11.8 Å². The zero-order valence-corrected chi connectivity index (χ0v) is 18.1. The summed E-state index contributed by atoms with van der Waals surface area (Å²) >= 11 is 0. The predicted molar refractivity (Wildman–Crippen MR) is 121 cm³/mol. The van der Waals surface area contributed by atoms with Gasteiger partial charge in [0.15, 0.2) is 0 Å². The van der Waals surface area contributed by atoms with Gasteiger partial charge in [-0.15, -0.1) is 0 Å². The zero-order valence-electron chi connectivity index (χ0n) is 18.1. The van der Waals surface area contributed by atoms with E-state index < -0.39 is 0 Å². The fourth-order valence-corrected chi connectivity index (χ4v) is 4.81. The molecule has 2 aliphatic rings. The van der Waals surface area contributed by atoms with Gasteiger partial charge in [0.2, 0.25) is 5.91 Å². The quantitative estimate of drug-likeness (QED) is 0.758. The van der Waals surface area contributed by atoms with Crippen LogP contribution >= 0.6 is 0 Å². The van der Waals surface area contributed by atoms with Gasteiger partial charge in [-0.2, -0.15) is 0 Å². The second-order valence-corrected chi connectivity index (χ2v) is 8.95. The van der Waals surface area contributed by atoms with Crippen molar-refractivity contribution in [1.29, 1.82) is 0 Å². The van der Waals surface area contributed by atoms with E-state index in [9.17, 15) is 14.7 Å². The molecule has 0 aromatic heterocycles. The highest BCUT2D eigenvalue weighted by Crippen LogP contribution is 2.26. The first-order valence-corrected chi connectivity index (χ1v) is 11.6. The highest BCUT2D eigenvalue weighted by Gasteiger charge is 2.31. The van der Waals surface area contributed by atoms with E-state index in [4.69, 9.17) is 0 Å². The van der Waals surface area contributed by atoms with Crippen molar-refractivity contribution in [2.75, 3.05) is 13.1 Å². The number of nitrogens with one attached hydrogen (secondary N) is 1. The maximum absolute atomic E-state index is 13.2. The summed E-state index contributed by atoms with van der Waals surface area (Å²) in [6.45, 7) is 1.04. The highest BCUT2D eigenvalue weighted by atomic mass is 16.3. The van der Waals surface area contributed by atoms with E-state index in [1.807, 2.05) is 24.3 Å². The minimum atomic E-state index is -0.192. The van der Waals surface area contributed by atoms with Crippen molar-refractivity contribution in [2.24, 2.45) is 5.92 Å². The summed E-state index contributed by atoms with van der Waals surface area (Å²) in [7, 11) is 0. The maximum Gasteiger partial charge on any atom is 0.257 e. The average molecular weight is 421 g/mol. The topological polar surface area (TPSA) is 69.6 Å². The number of phenolic OH excluding ortho intramolecular Hbond substituents is 1. The van der Waals surface area contributed by atoms with Crippen molar-refractivity contribution in [3.05, 3.63) is 65.2 Å². The lowest BCUT2D eigenvalue weighted by Crippen LogP contribution is -2.48. The molecule has 2 N–H and O–H groups in total. The molecule has 164 valence electrons. The SMILES string of the molecule is O=C(NC1CCCCC1)C1CCCN(C(=O)c2cc(Cc3ccccc3)ccc2O)C1. The number of rotatable bonds is 5. The van der Waals surface area contributed by atoms with E-state index in [1.165, 1.54) is 19.3 Å². The number of nitrogens with zero attached hydrogens (tertiary/aromatic N) is 1. The first kappa shape index (κ1) is 21.4. The van der Waals surface area contributed by atoms with Crippen LogP contribution in [0.25, 0.3) is 0 Å². The maximum atomic E-state index is 13.2. The molecule has 2 aromatic carbocycles. The van der Waals surface area contributed by atoms with E-state index in [0.29, 0.717) is 25.1 Å². The van der Waals surface area contributed by atoms with Gasteiger partial charge in [0.1, 0.15) is 5.75 Å². The molecule has 2 aromatic rings. The average Bonchev–Trinajstić information content (AvgIpc) is 2.81. The monoisotopic (exact) mass is 420 g/mol. The normalized spacial score (nSPS) is 19.7. The van der Waals surface area contributed by atoms with Gasteiger partial charge in [0.05, 0.1) is 11.5 Å². The highest BCUT2D eigenvalue weighted by molar-refractivity contribution is 5.97. The van der Waals surface area contributed by atoms with Crippen LogP contribution in [0.2, 0.25) is 0 Å². The van der Waals surface area contributed by atoms with Crippen molar-refractivity contribution in [2.45, 2.75) is 57.4 Å². The number of carbonyl (C=O) groups is 2. The Morgan fingerprint density at radius 1 is 0.935 bits per heavy atom. The molecule has 5 heteroatoms. The van der Waals surface area contributed by atoms with Crippen LogP contribution in [0.1, 0.15) is 66.4 Å². The number of phenols is 1. The predicted octanol–water partition coefficient (Wildman–Crippen LogP) is 4.28. The molecule has 2 fully saturated rings. The van der Waals surface area contributed by atoms with Gasteiger partial charge in [-0.05, 0) is 55.4 Å². The summed E-state index contributed by atoms with van der Waals surface area (Å²) in [5, 5.41) is 13.6. The summed E-state index contributed by atoms with van der Waals surface area (Å²) in [4.78, 5) is 27.7. The molecule has 2 amide bonds. The van der Waals surface area contributed by atoms with Gasteiger partial charge in [-0.1, -0.05) is 55.7 Å². The summed E-state index contributed by atoms with van der Waals surface area (Å²) in [6, 6.07) is 15.6. The number of hydrogen-bond donors (Lipinski definition) is 2. The third kappa shape index (κ3) is 5.46. The molecule has 5 nitrogen and oxygen atoms in total. The van der Waals surface area contributed by atoms with Crippen LogP contribution in [0.4, 0.5) is 0 Å². The molecule has 1 unspecified atom stereocenters. The van der Waals surface area contributed by atoms with E-state index >= 15 is 0 Å². The van der Waals surface area contributed by atoms with E-state index in [0.717, 1.165) is 36.8 Å². The lowest BCUT2D eigenvalue weighted by atomic mass is 9.92. The molecule has 1 atom stereocenters. The summed E-state index contributed by atoms with van der Waals surface area (Å²) in [5.74, 6) is -0.293. The van der Waals surface area contributed by atoms with Crippen LogP contribution in [0.5, 0.6) is 5.75 Å². The third-order valence-electron chi connectivity index (χ3n) is 6.57. The fourth-order valence-electron chi connectivity index (χ4n) is 4.81. The van der Waals surface area contributed by atoms with Crippen molar-refractivity contribution in [1.82, 2.24) is 10.2 Å². The minimum Gasteiger partial charge on any atom is -0.507 e. The largest absolute Gasteiger partial charge is 0.507 e. The zero-order chi connectivity index (χ0) is 21.6. The van der Waals surface area contributed by atoms with E-state index in [1.54, 1.807) is 17.0 Å². The Morgan fingerprint density at radius 2 is 1.71 bits per heavy atom. The smallest absolute Gasteiger partial charge is 0.257 e. The summed E-state index contributed by atoms with van der Waals surface area (Å²) < 4.78 is 0. The van der Waals surface area contributed by atoms with Crippen LogP contribution in [0.3, 0.4) is 0 Å². The Morgan fingerprint density at radius 3 is 2.48 bits per heavy atom. The van der Waals surface area contributed by atoms with E-state index in [-0.39, 0.29) is 29.5 Å². The summed E-state index contributed by atoms with van der Waals surface area (Å²) in [5.41, 5.74) is 2.46. The number of likely N-dealkylation sites (tertiary alicyclic amines) is 1. The van der Waals surface area contributed by atoms with Gasteiger partial charge in [-0.3, -0.25) is 9.59 Å². The summed E-state index contributed by atoms with van der Waals surface area (Å²) in [6.07, 6.45) is 8.05. The van der Waals surface area contributed by atoms with Gasteiger partial charge >= 0.3 is 0 Å². The van der Waals surface area contributed by atoms with Gasteiger partial charge in [-0.25, -0.2) is 0 Å². The molecule has 1 saturated heterocycles. The van der Waals surface area contributed by atoms with Gasteiger partial charge < -0.3 is 15.3 Å². The fraction of sp³-hybridized carbons (Fsp3) is 0.462. The first-order chi connectivity index (χ1) is 15.1. The molecule has 0 bridgehead atoms. The Labute approximate surface area is 184 Å². The molecule has 1 aliphatic carbocycles. The van der Waals surface area contributed by atoms with Crippen LogP contribution in [-0.2, 0) is 11.2 Å². The van der Waals surface area contributed by atoms with Crippen LogP contribution in [-0.4, -0.2) is 41.0 Å².